The molecule has 1 fully saturated rings. The monoisotopic (exact) mass is 818 g/mol. The van der Waals surface area contributed by atoms with Gasteiger partial charge in [0.2, 0.25) is 17.7 Å². The predicted octanol–water partition coefficient (Wildman–Crippen LogP) is 5.00. The minimum absolute atomic E-state index is 0.0578. The van der Waals surface area contributed by atoms with E-state index in [0.717, 1.165) is 33.4 Å². The summed E-state index contributed by atoms with van der Waals surface area (Å²) in [6.07, 6.45) is 3.95. The molecule has 0 aliphatic carbocycles. The molecule has 1 aliphatic heterocycles. The molecule has 0 unspecified atom stereocenters. The van der Waals surface area contributed by atoms with Crippen LogP contribution < -0.4 is 21.7 Å². The topological polar surface area (TPSA) is 237 Å². The van der Waals surface area contributed by atoms with E-state index in [2.05, 4.69) is 43.2 Å². The molecular formula is C44H54N10O6. The summed E-state index contributed by atoms with van der Waals surface area (Å²) in [5.41, 5.74) is 11.0. The van der Waals surface area contributed by atoms with Crippen molar-refractivity contribution in [1.29, 1.82) is 5.41 Å². The van der Waals surface area contributed by atoms with Crippen molar-refractivity contribution >= 4 is 23.9 Å². The summed E-state index contributed by atoms with van der Waals surface area (Å²) in [5.74, 6) is -0.879. The number of aryl methyl sites for hydroxylation is 2. The SMILES string of the molecule is Cc1cc(O)cc(C)c1C[C@H](NC(=O)[C@H](NC(=O)OC(C)(C)C)C1CCN(C(=N)N)CC1)C(=O)N[C@@H](Cc1cnc[nH]1)c1nc(Cc2ccc(-c3ccccc3)cc2)no1. The summed E-state index contributed by atoms with van der Waals surface area (Å²) in [7, 11) is 0. The number of ether oxygens (including phenoxy) is 1. The molecule has 3 atom stereocenters. The van der Waals surface area contributed by atoms with E-state index in [1.807, 2.05) is 56.3 Å². The number of aromatic hydroxyl groups is 1. The van der Waals surface area contributed by atoms with Gasteiger partial charge < -0.3 is 45.9 Å². The number of nitrogens with two attached hydrogens (primary N) is 1. The average molecular weight is 819 g/mol. The summed E-state index contributed by atoms with van der Waals surface area (Å²) in [4.78, 5) is 55.8. The molecule has 60 heavy (non-hydrogen) atoms. The van der Waals surface area contributed by atoms with Crippen LogP contribution in [0.3, 0.4) is 0 Å². The maximum atomic E-state index is 14.6. The third kappa shape index (κ3) is 11.5. The third-order valence-corrected chi connectivity index (χ3v) is 10.5. The Bertz CT molecular complexity index is 2220. The maximum absolute atomic E-state index is 14.6. The van der Waals surface area contributed by atoms with Crippen molar-refractivity contribution in [2.75, 3.05) is 13.1 Å². The number of imidazole rings is 1. The molecule has 0 saturated carbocycles. The number of phenols is 1. The van der Waals surface area contributed by atoms with Crippen LogP contribution in [0.25, 0.3) is 11.1 Å². The molecule has 16 nitrogen and oxygen atoms in total. The molecule has 8 N–H and O–H groups in total. The van der Waals surface area contributed by atoms with Crippen LogP contribution in [-0.4, -0.2) is 84.8 Å². The number of aromatic nitrogens is 4. The molecule has 3 aromatic carbocycles. The van der Waals surface area contributed by atoms with Crippen molar-refractivity contribution in [1.82, 2.24) is 41.0 Å². The molecule has 5 aromatic rings. The van der Waals surface area contributed by atoms with E-state index >= 15 is 0 Å². The molecule has 0 radical (unpaired) electrons. The fraction of sp³-hybridized carbons (Fsp3) is 0.386. The number of carbonyl (C=O) groups is 3. The molecule has 3 heterocycles. The van der Waals surface area contributed by atoms with Crippen LogP contribution in [-0.2, 0) is 33.6 Å². The first-order chi connectivity index (χ1) is 28.6. The van der Waals surface area contributed by atoms with Gasteiger partial charge in [0.05, 0.1) is 6.33 Å². The van der Waals surface area contributed by atoms with Crippen molar-refractivity contribution in [3.8, 4) is 16.9 Å². The van der Waals surface area contributed by atoms with E-state index in [4.69, 9.17) is 25.4 Å². The molecule has 0 spiro atoms. The lowest BCUT2D eigenvalue weighted by molar-refractivity contribution is -0.131. The molecule has 316 valence electrons. The van der Waals surface area contributed by atoms with Crippen molar-refractivity contribution < 1.29 is 28.8 Å². The van der Waals surface area contributed by atoms with E-state index in [-0.39, 0.29) is 36.4 Å². The second kappa shape index (κ2) is 18.9. The van der Waals surface area contributed by atoms with Crippen molar-refractivity contribution in [2.45, 2.75) is 90.4 Å². The van der Waals surface area contributed by atoms with Crippen LogP contribution in [0.2, 0.25) is 0 Å². The number of rotatable bonds is 14. The Hall–Kier alpha value is -6.71. The number of hydrogen-bond donors (Lipinski definition) is 7. The van der Waals surface area contributed by atoms with Crippen LogP contribution in [0, 0.1) is 25.2 Å². The molecular weight excluding hydrogens is 765 g/mol. The van der Waals surface area contributed by atoms with Gasteiger partial charge >= 0.3 is 6.09 Å². The Labute approximate surface area is 349 Å². The molecule has 2 aromatic heterocycles. The number of nitrogens with one attached hydrogen (secondary N) is 5. The van der Waals surface area contributed by atoms with Crippen LogP contribution in [0.15, 0.2) is 83.8 Å². The zero-order valence-electron chi connectivity index (χ0n) is 34.6. The Balaban J connectivity index is 1.26. The highest BCUT2D eigenvalue weighted by atomic mass is 16.6. The number of H-pyrrole nitrogens is 1. The molecule has 6 rings (SSSR count). The fourth-order valence-corrected chi connectivity index (χ4v) is 7.47. The first kappa shape index (κ1) is 42.9. The standard InChI is InChI=1S/C44H54N10O6/c1-26-19-33(55)20-27(2)34(26)23-35(49-40(57)38(52-43(58)59-44(3,4)5)31-15-17-54(18-16-31)42(45)46)39(56)50-36(22-32-24-47-25-48-32)41-51-37(53-60-41)21-28-11-13-30(14-12-28)29-9-7-6-8-10-29/h6-14,19-20,24-25,31,35-36,38,55H,15-18,21-23H2,1-5H3,(H3,45,46)(H,47,48)(H,49,57)(H,50,56)(H,52,58)/t35-,36-,38+/m0/s1. The van der Waals surface area contributed by atoms with Crippen molar-refractivity contribution in [3.63, 3.8) is 0 Å². The van der Waals surface area contributed by atoms with Gasteiger partial charge in [-0.2, -0.15) is 4.98 Å². The van der Waals surface area contributed by atoms with E-state index < -0.39 is 41.6 Å². The highest BCUT2D eigenvalue weighted by Gasteiger charge is 2.37. The minimum atomic E-state index is -1.16. The summed E-state index contributed by atoms with van der Waals surface area (Å²) < 4.78 is 11.3. The second-order valence-corrected chi connectivity index (χ2v) is 16.3. The second-order valence-electron chi connectivity index (χ2n) is 16.3. The van der Waals surface area contributed by atoms with Gasteiger partial charge in [-0.25, -0.2) is 9.78 Å². The average Bonchev–Trinajstić information content (AvgIpc) is 3.90. The molecule has 3 amide bonds. The fourth-order valence-electron chi connectivity index (χ4n) is 7.47. The first-order valence-corrected chi connectivity index (χ1v) is 20.0. The number of carbonyl (C=O) groups excluding carboxylic acids is 3. The van der Waals surface area contributed by atoms with Gasteiger partial charge in [-0.05, 0) is 98.9 Å². The lowest BCUT2D eigenvalue weighted by atomic mass is 9.88. The van der Waals surface area contributed by atoms with Gasteiger partial charge in [-0.15, -0.1) is 0 Å². The summed E-state index contributed by atoms with van der Waals surface area (Å²) in [6.45, 7) is 9.66. The smallest absolute Gasteiger partial charge is 0.408 e. The van der Waals surface area contributed by atoms with E-state index in [1.165, 1.54) is 6.33 Å². The Morgan fingerprint density at radius 1 is 0.967 bits per heavy atom. The predicted molar refractivity (Wildman–Crippen MR) is 225 cm³/mol. The van der Waals surface area contributed by atoms with Gasteiger partial charge in [0.25, 0.3) is 0 Å². The minimum Gasteiger partial charge on any atom is -0.508 e. The van der Waals surface area contributed by atoms with E-state index in [1.54, 1.807) is 44.0 Å². The Kier molecular flexibility index (Phi) is 13.5. The number of likely N-dealkylation sites (tertiary alicyclic amines) is 1. The van der Waals surface area contributed by atoms with Gasteiger partial charge in [-0.1, -0.05) is 59.8 Å². The molecule has 0 bridgehead atoms. The van der Waals surface area contributed by atoms with Gasteiger partial charge in [0, 0.05) is 44.2 Å². The number of piperidine rings is 1. The lowest BCUT2D eigenvalue weighted by Crippen LogP contribution is -2.58. The number of hydrogen-bond acceptors (Lipinski definition) is 10. The van der Waals surface area contributed by atoms with Crippen LogP contribution in [0.4, 0.5) is 4.79 Å². The molecule has 1 saturated heterocycles. The van der Waals surface area contributed by atoms with Gasteiger partial charge in [0.1, 0.15) is 29.5 Å². The lowest BCUT2D eigenvalue weighted by Gasteiger charge is -2.36. The highest BCUT2D eigenvalue weighted by Crippen LogP contribution is 2.26. The summed E-state index contributed by atoms with van der Waals surface area (Å²) in [6, 6.07) is 18.3. The van der Waals surface area contributed by atoms with E-state index in [9.17, 15) is 19.5 Å². The maximum Gasteiger partial charge on any atom is 0.408 e. The molecule has 16 heteroatoms. The summed E-state index contributed by atoms with van der Waals surface area (Å²) in [5, 5.41) is 31.2. The number of aromatic amines is 1. The zero-order valence-corrected chi connectivity index (χ0v) is 34.6. The normalized spacial score (nSPS) is 14.8. The largest absolute Gasteiger partial charge is 0.508 e. The van der Waals surface area contributed by atoms with Gasteiger partial charge in [0.15, 0.2) is 11.8 Å². The van der Waals surface area contributed by atoms with Crippen LogP contribution in [0.5, 0.6) is 5.75 Å². The van der Waals surface area contributed by atoms with Crippen molar-refractivity contribution in [2.24, 2.45) is 11.7 Å². The van der Waals surface area contributed by atoms with Crippen molar-refractivity contribution in [3.05, 3.63) is 119 Å². The summed E-state index contributed by atoms with van der Waals surface area (Å²) >= 11 is 0. The number of benzene rings is 3. The Morgan fingerprint density at radius 3 is 2.25 bits per heavy atom. The number of amides is 3. The number of phenolic OH excluding ortho intramolecular Hbond substituents is 1. The zero-order chi connectivity index (χ0) is 43.0. The molecule has 1 aliphatic rings. The number of nitrogens with zero attached hydrogens (tertiary/aromatic N) is 4. The van der Waals surface area contributed by atoms with Gasteiger partial charge in [-0.3, -0.25) is 15.0 Å². The van der Waals surface area contributed by atoms with E-state index in [0.29, 0.717) is 43.9 Å². The number of guanidine groups is 1. The first-order valence-electron chi connectivity index (χ1n) is 20.0. The highest BCUT2D eigenvalue weighted by molar-refractivity contribution is 5.92. The third-order valence-electron chi connectivity index (χ3n) is 10.5. The Morgan fingerprint density at radius 2 is 1.63 bits per heavy atom. The number of alkyl carbamates (subject to hydrolysis) is 1. The quantitative estimate of drug-likeness (QED) is 0.0582. The van der Waals surface area contributed by atoms with Crippen LogP contribution in [0.1, 0.15) is 79.3 Å². The van der Waals surface area contributed by atoms with Crippen LogP contribution >= 0.6 is 0 Å².